The van der Waals surface area contributed by atoms with E-state index in [1.54, 1.807) is 0 Å². The van der Waals surface area contributed by atoms with E-state index in [0.29, 0.717) is 11.0 Å². The number of hydrogen-bond donors (Lipinski definition) is 1. The standard InChI is InChI=1S/C13H7F3N2S/c14-7-2-4-11-10(5-7)17-13(19)18(11)12-6-8(15)1-3-9(12)16/h1-6H,(H,17,19). The monoisotopic (exact) mass is 280 g/mol. The number of benzene rings is 2. The lowest BCUT2D eigenvalue weighted by Crippen LogP contribution is -1.98. The molecule has 0 amide bonds. The van der Waals surface area contributed by atoms with Crippen molar-refractivity contribution in [3.63, 3.8) is 0 Å². The Balaban J connectivity index is 2.39. The fourth-order valence-electron chi connectivity index (χ4n) is 1.98. The van der Waals surface area contributed by atoms with Crippen LogP contribution in [0.4, 0.5) is 13.2 Å². The minimum Gasteiger partial charge on any atom is -0.330 e. The lowest BCUT2D eigenvalue weighted by molar-refractivity contribution is 0.593. The Bertz CT molecular complexity index is 836. The van der Waals surface area contributed by atoms with Gasteiger partial charge >= 0.3 is 0 Å². The summed E-state index contributed by atoms with van der Waals surface area (Å²) >= 11 is 5.08. The second-order valence-corrected chi connectivity index (χ2v) is 4.41. The summed E-state index contributed by atoms with van der Waals surface area (Å²) in [4.78, 5) is 2.76. The molecule has 1 aromatic heterocycles. The molecule has 2 nitrogen and oxygen atoms in total. The molecule has 0 aliphatic carbocycles. The van der Waals surface area contributed by atoms with E-state index in [-0.39, 0.29) is 10.5 Å². The van der Waals surface area contributed by atoms with Crippen LogP contribution in [0.1, 0.15) is 0 Å². The first-order valence-electron chi connectivity index (χ1n) is 5.42. The van der Waals surface area contributed by atoms with Gasteiger partial charge in [-0.2, -0.15) is 0 Å². The summed E-state index contributed by atoms with van der Waals surface area (Å²) in [7, 11) is 0. The van der Waals surface area contributed by atoms with E-state index in [1.165, 1.54) is 22.8 Å². The number of nitrogens with one attached hydrogen (secondary N) is 1. The minimum absolute atomic E-state index is 0.0112. The predicted molar refractivity (Wildman–Crippen MR) is 68.3 cm³/mol. The first-order chi connectivity index (χ1) is 9.06. The van der Waals surface area contributed by atoms with Crippen molar-refractivity contribution >= 4 is 23.3 Å². The maximum Gasteiger partial charge on any atom is 0.182 e. The zero-order valence-electron chi connectivity index (χ0n) is 9.45. The minimum atomic E-state index is -0.609. The molecule has 6 heteroatoms. The van der Waals surface area contributed by atoms with Crippen molar-refractivity contribution in [2.75, 3.05) is 0 Å². The van der Waals surface area contributed by atoms with E-state index >= 15 is 0 Å². The van der Waals surface area contributed by atoms with Crippen molar-refractivity contribution in [3.8, 4) is 5.69 Å². The molecule has 0 radical (unpaired) electrons. The summed E-state index contributed by atoms with van der Waals surface area (Å²) in [6.07, 6.45) is 0. The highest BCUT2D eigenvalue weighted by Crippen LogP contribution is 2.23. The molecule has 0 aliphatic heterocycles. The number of halogens is 3. The smallest absolute Gasteiger partial charge is 0.182 e. The molecule has 19 heavy (non-hydrogen) atoms. The fourth-order valence-corrected chi connectivity index (χ4v) is 2.29. The van der Waals surface area contributed by atoms with Crippen LogP contribution < -0.4 is 0 Å². The second kappa shape index (κ2) is 4.24. The molecule has 0 atom stereocenters. The van der Waals surface area contributed by atoms with Gasteiger partial charge in [-0.15, -0.1) is 0 Å². The molecule has 0 fully saturated rings. The Morgan fingerprint density at radius 1 is 0.947 bits per heavy atom. The van der Waals surface area contributed by atoms with Crippen LogP contribution in [-0.4, -0.2) is 9.55 Å². The van der Waals surface area contributed by atoms with Crippen molar-refractivity contribution < 1.29 is 13.2 Å². The third kappa shape index (κ3) is 1.94. The summed E-state index contributed by atoms with van der Waals surface area (Å²) in [5.41, 5.74) is 0.896. The molecule has 1 heterocycles. The largest absolute Gasteiger partial charge is 0.330 e. The summed E-state index contributed by atoms with van der Waals surface area (Å²) in [5.74, 6) is -1.62. The van der Waals surface area contributed by atoms with Crippen LogP contribution in [0.3, 0.4) is 0 Å². The van der Waals surface area contributed by atoms with Gasteiger partial charge in [-0.1, -0.05) is 0 Å². The van der Waals surface area contributed by atoms with Gasteiger partial charge in [0.05, 0.1) is 16.7 Å². The van der Waals surface area contributed by atoms with Crippen molar-refractivity contribution in [1.29, 1.82) is 0 Å². The maximum atomic E-state index is 13.8. The van der Waals surface area contributed by atoms with E-state index < -0.39 is 17.5 Å². The fraction of sp³-hybridized carbons (Fsp3) is 0. The van der Waals surface area contributed by atoms with Crippen LogP contribution in [0.5, 0.6) is 0 Å². The van der Waals surface area contributed by atoms with Crippen LogP contribution in [0.2, 0.25) is 0 Å². The molecular weight excluding hydrogens is 273 g/mol. The number of H-pyrrole nitrogens is 1. The van der Waals surface area contributed by atoms with Gasteiger partial charge in [-0.3, -0.25) is 4.57 Å². The molecule has 3 rings (SSSR count). The number of rotatable bonds is 1. The SMILES string of the molecule is Fc1ccc(F)c(-n2c(=S)[nH]c3cc(F)ccc32)c1. The van der Waals surface area contributed by atoms with E-state index in [2.05, 4.69) is 4.98 Å². The summed E-state index contributed by atoms with van der Waals surface area (Å²) in [6.45, 7) is 0. The number of aromatic amines is 1. The molecule has 0 bridgehead atoms. The van der Waals surface area contributed by atoms with Gasteiger partial charge in [0.25, 0.3) is 0 Å². The van der Waals surface area contributed by atoms with Gasteiger partial charge in [0.15, 0.2) is 4.77 Å². The topological polar surface area (TPSA) is 20.7 Å². The lowest BCUT2D eigenvalue weighted by Gasteiger charge is -2.06. The number of hydrogen-bond acceptors (Lipinski definition) is 1. The molecular formula is C13H7F3N2S. The number of imidazole rings is 1. The molecule has 96 valence electrons. The van der Waals surface area contributed by atoms with Gasteiger partial charge in [0, 0.05) is 6.07 Å². The molecule has 0 spiro atoms. The maximum absolute atomic E-state index is 13.8. The molecule has 0 saturated heterocycles. The van der Waals surface area contributed by atoms with Gasteiger partial charge in [0.2, 0.25) is 0 Å². The van der Waals surface area contributed by atoms with Crippen molar-refractivity contribution in [2.24, 2.45) is 0 Å². The van der Waals surface area contributed by atoms with Crippen molar-refractivity contribution in [1.82, 2.24) is 9.55 Å². The average Bonchev–Trinajstić information content (AvgIpc) is 2.67. The molecule has 1 N–H and O–H groups in total. The highest BCUT2D eigenvalue weighted by molar-refractivity contribution is 7.71. The Morgan fingerprint density at radius 2 is 1.63 bits per heavy atom. The summed E-state index contributed by atoms with van der Waals surface area (Å²) in [6, 6.07) is 7.03. The van der Waals surface area contributed by atoms with E-state index in [0.717, 1.165) is 18.2 Å². The first-order valence-corrected chi connectivity index (χ1v) is 5.83. The summed E-state index contributed by atoms with van der Waals surface area (Å²) in [5, 5.41) is 0. The Morgan fingerprint density at radius 3 is 2.42 bits per heavy atom. The zero-order valence-corrected chi connectivity index (χ0v) is 10.3. The quantitative estimate of drug-likeness (QED) is 0.665. The first kappa shape index (κ1) is 12.0. The van der Waals surface area contributed by atoms with Crippen LogP contribution >= 0.6 is 12.2 Å². The normalized spacial score (nSPS) is 11.1. The Hall–Kier alpha value is -2.08. The van der Waals surface area contributed by atoms with Crippen LogP contribution in [-0.2, 0) is 0 Å². The van der Waals surface area contributed by atoms with E-state index in [9.17, 15) is 13.2 Å². The van der Waals surface area contributed by atoms with E-state index in [4.69, 9.17) is 12.2 Å². The number of aromatic nitrogens is 2. The van der Waals surface area contributed by atoms with E-state index in [1.807, 2.05) is 0 Å². The third-order valence-corrected chi connectivity index (χ3v) is 3.08. The van der Waals surface area contributed by atoms with Gasteiger partial charge in [-0.05, 0) is 42.5 Å². The van der Waals surface area contributed by atoms with Crippen molar-refractivity contribution in [2.45, 2.75) is 0 Å². The molecule has 3 aromatic rings. The molecule has 2 aromatic carbocycles. The van der Waals surface area contributed by atoms with Crippen molar-refractivity contribution in [3.05, 3.63) is 58.6 Å². The average molecular weight is 280 g/mol. The van der Waals surface area contributed by atoms with Crippen LogP contribution in [0.25, 0.3) is 16.7 Å². The second-order valence-electron chi connectivity index (χ2n) is 4.02. The predicted octanol–water partition coefficient (Wildman–Crippen LogP) is 4.11. The third-order valence-electron chi connectivity index (χ3n) is 2.79. The Kier molecular flexibility index (Phi) is 2.67. The summed E-state index contributed by atoms with van der Waals surface area (Å²) < 4.78 is 41.7. The van der Waals surface area contributed by atoms with Crippen LogP contribution in [0.15, 0.2) is 36.4 Å². The molecule has 0 unspecified atom stereocenters. The zero-order chi connectivity index (χ0) is 13.6. The number of fused-ring (bicyclic) bond motifs is 1. The Labute approximate surface area is 111 Å². The van der Waals surface area contributed by atoms with Crippen LogP contribution in [0, 0.1) is 22.2 Å². The highest BCUT2D eigenvalue weighted by atomic mass is 32.1. The highest BCUT2D eigenvalue weighted by Gasteiger charge is 2.12. The van der Waals surface area contributed by atoms with Gasteiger partial charge < -0.3 is 4.98 Å². The van der Waals surface area contributed by atoms with Gasteiger partial charge in [0.1, 0.15) is 17.5 Å². The molecule has 0 aliphatic rings. The number of nitrogens with zero attached hydrogens (tertiary/aromatic N) is 1. The van der Waals surface area contributed by atoms with Gasteiger partial charge in [-0.25, -0.2) is 13.2 Å². The molecule has 0 saturated carbocycles. The lowest BCUT2D eigenvalue weighted by atomic mass is 10.2.